The fourth-order valence-electron chi connectivity index (χ4n) is 3.78. The number of rotatable bonds is 4. The molecule has 158 valence electrons. The van der Waals surface area contributed by atoms with E-state index in [-0.39, 0.29) is 11.8 Å². The van der Waals surface area contributed by atoms with Crippen LogP contribution in [0, 0.1) is 6.92 Å². The van der Waals surface area contributed by atoms with E-state index in [4.69, 9.17) is 20.5 Å². The fraction of sp³-hybridized carbons (Fsp3) is 0.273. The quantitative estimate of drug-likeness (QED) is 0.496. The molecule has 0 radical (unpaired) electrons. The Kier molecular flexibility index (Phi) is 5.07. The van der Waals surface area contributed by atoms with Crippen molar-refractivity contribution in [3.63, 3.8) is 0 Å². The maximum Gasteiger partial charge on any atom is 0.274 e. The summed E-state index contributed by atoms with van der Waals surface area (Å²) in [5.74, 6) is 2.36. The van der Waals surface area contributed by atoms with Crippen LogP contribution in [0.25, 0.3) is 22.8 Å². The predicted molar refractivity (Wildman–Crippen MR) is 114 cm³/mol. The summed E-state index contributed by atoms with van der Waals surface area (Å²) in [4.78, 5) is 19.4. The average molecular weight is 438 g/mol. The highest BCUT2D eigenvalue weighted by atomic mass is 35.5. The molecule has 31 heavy (non-hydrogen) atoms. The lowest BCUT2D eigenvalue weighted by Gasteiger charge is -2.30. The van der Waals surface area contributed by atoms with E-state index in [9.17, 15) is 4.79 Å². The maximum atomic E-state index is 13.0. The minimum absolute atomic E-state index is 0.0163. The molecule has 8 nitrogen and oxygen atoms in total. The van der Waals surface area contributed by atoms with Crippen molar-refractivity contribution in [3.05, 3.63) is 64.8 Å². The van der Waals surface area contributed by atoms with Gasteiger partial charge in [-0.3, -0.25) is 9.89 Å². The van der Waals surface area contributed by atoms with E-state index in [2.05, 4.69) is 20.3 Å². The first kappa shape index (κ1) is 19.6. The lowest BCUT2D eigenvalue weighted by molar-refractivity contribution is 0.0689. The largest absolute Gasteiger partial charge is 0.460 e. The van der Waals surface area contributed by atoms with Crippen LogP contribution in [-0.4, -0.2) is 44.2 Å². The normalized spacial score (nSPS) is 16.6. The molecule has 0 aliphatic carbocycles. The highest BCUT2D eigenvalue weighted by Gasteiger charge is 2.30. The summed E-state index contributed by atoms with van der Waals surface area (Å²) >= 11 is 5.95. The van der Waals surface area contributed by atoms with Gasteiger partial charge in [-0.1, -0.05) is 16.8 Å². The molecule has 4 heterocycles. The third-order valence-corrected chi connectivity index (χ3v) is 5.66. The zero-order valence-corrected chi connectivity index (χ0v) is 17.6. The number of aromatic amines is 1. The van der Waals surface area contributed by atoms with Crippen LogP contribution in [0.1, 0.15) is 40.9 Å². The first-order valence-electron chi connectivity index (χ1n) is 10.1. The van der Waals surface area contributed by atoms with Gasteiger partial charge in [-0.15, -0.1) is 0 Å². The van der Waals surface area contributed by atoms with Gasteiger partial charge < -0.3 is 13.8 Å². The molecule has 1 aromatic carbocycles. The SMILES string of the molecule is Cc1ccc(-c2cc(C(=O)N3CCCC(c4nc(-c5ccc(Cl)cc5)no4)C3)n[nH]2)o1. The topological polar surface area (TPSA) is 101 Å². The Morgan fingerprint density at radius 1 is 1.23 bits per heavy atom. The van der Waals surface area contributed by atoms with Gasteiger partial charge in [0.1, 0.15) is 11.5 Å². The van der Waals surface area contributed by atoms with Crippen LogP contribution in [-0.2, 0) is 0 Å². The number of aryl methyl sites for hydroxylation is 1. The molecule has 1 aliphatic rings. The number of benzene rings is 1. The van der Waals surface area contributed by atoms with Gasteiger partial charge in [0, 0.05) is 29.7 Å². The van der Waals surface area contributed by atoms with E-state index in [1.165, 1.54) is 0 Å². The molecular weight excluding hydrogens is 418 g/mol. The monoisotopic (exact) mass is 437 g/mol. The number of nitrogens with zero attached hydrogens (tertiary/aromatic N) is 4. The van der Waals surface area contributed by atoms with Gasteiger partial charge >= 0.3 is 0 Å². The van der Waals surface area contributed by atoms with E-state index < -0.39 is 0 Å². The van der Waals surface area contributed by atoms with Crippen molar-refractivity contribution in [3.8, 4) is 22.8 Å². The van der Waals surface area contributed by atoms with E-state index in [1.54, 1.807) is 23.1 Å². The molecule has 1 fully saturated rings. The smallest absolute Gasteiger partial charge is 0.274 e. The van der Waals surface area contributed by atoms with Gasteiger partial charge in [-0.2, -0.15) is 10.1 Å². The molecule has 1 aliphatic heterocycles. The van der Waals surface area contributed by atoms with Gasteiger partial charge in [-0.25, -0.2) is 0 Å². The molecule has 0 spiro atoms. The minimum atomic E-state index is -0.132. The van der Waals surface area contributed by atoms with Gasteiger partial charge in [0.05, 0.1) is 5.92 Å². The maximum absolute atomic E-state index is 13.0. The average Bonchev–Trinajstić information content (AvgIpc) is 3.54. The Bertz CT molecular complexity index is 1210. The summed E-state index contributed by atoms with van der Waals surface area (Å²) in [5, 5.41) is 11.8. The highest BCUT2D eigenvalue weighted by molar-refractivity contribution is 6.30. The Labute approximate surface area is 183 Å². The van der Waals surface area contributed by atoms with E-state index >= 15 is 0 Å². The Morgan fingerprint density at radius 2 is 2.06 bits per heavy atom. The summed E-state index contributed by atoms with van der Waals surface area (Å²) < 4.78 is 11.1. The third kappa shape index (κ3) is 3.98. The molecule has 0 saturated carbocycles. The lowest BCUT2D eigenvalue weighted by Crippen LogP contribution is -2.39. The number of piperidine rings is 1. The van der Waals surface area contributed by atoms with Crippen molar-refractivity contribution in [2.45, 2.75) is 25.7 Å². The molecule has 4 aromatic rings. The molecule has 5 rings (SSSR count). The van der Waals surface area contributed by atoms with Crippen LogP contribution in [0.3, 0.4) is 0 Å². The van der Waals surface area contributed by atoms with Crippen molar-refractivity contribution < 1.29 is 13.7 Å². The fourth-order valence-corrected chi connectivity index (χ4v) is 3.91. The summed E-state index contributed by atoms with van der Waals surface area (Å²) in [6.45, 7) is 3.04. The van der Waals surface area contributed by atoms with Crippen LogP contribution in [0.4, 0.5) is 0 Å². The summed E-state index contributed by atoms with van der Waals surface area (Å²) in [6.07, 6.45) is 1.73. The number of furan rings is 1. The number of aromatic nitrogens is 4. The number of nitrogens with one attached hydrogen (secondary N) is 1. The first-order chi connectivity index (χ1) is 15.1. The molecule has 1 N–H and O–H groups in total. The number of carbonyl (C=O) groups excluding carboxylic acids is 1. The van der Waals surface area contributed by atoms with Crippen LogP contribution >= 0.6 is 11.6 Å². The Balaban J connectivity index is 1.30. The second-order valence-electron chi connectivity index (χ2n) is 7.63. The van der Waals surface area contributed by atoms with Crippen molar-refractivity contribution in [2.75, 3.05) is 13.1 Å². The van der Waals surface area contributed by atoms with E-state index in [1.807, 2.05) is 31.2 Å². The number of carbonyl (C=O) groups is 1. The standard InChI is InChI=1S/C22H20ClN5O3/c1-13-4-9-19(30-13)17-11-18(26-25-17)22(29)28-10-2-3-15(12-28)21-24-20(27-31-21)14-5-7-16(23)8-6-14/h4-9,11,15H,2-3,10,12H2,1H3,(H,25,26). The second-order valence-corrected chi connectivity index (χ2v) is 8.07. The number of hydrogen-bond acceptors (Lipinski definition) is 6. The molecule has 1 saturated heterocycles. The van der Waals surface area contributed by atoms with Crippen molar-refractivity contribution >= 4 is 17.5 Å². The zero-order chi connectivity index (χ0) is 21.4. The van der Waals surface area contributed by atoms with E-state index in [0.29, 0.717) is 47.0 Å². The lowest BCUT2D eigenvalue weighted by atomic mass is 9.97. The number of amides is 1. The van der Waals surface area contributed by atoms with Crippen molar-refractivity contribution in [2.24, 2.45) is 0 Å². The van der Waals surface area contributed by atoms with Crippen molar-refractivity contribution in [1.82, 2.24) is 25.2 Å². The van der Waals surface area contributed by atoms with Crippen molar-refractivity contribution in [1.29, 1.82) is 0 Å². The molecule has 1 unspecified atom stereocenters. The summed E-state index contributed by atoms with van der Waals surface area (Å²) in [6, 6.07) is 12.7. The van der Waals surface area contributed by atoms with Gasteiger partial charge in [-0.05, 0) is 56.2 Å². The molecule has 9 heteroatoms. The first-order valence-corrected chi connectivity index (χ1v) is 10.5. The zero-order valence-electron chi connectivity index (χ0n) is 16.8. The number of hydrogen-bond donors (Lipinski definition) is 1. The minimum Gasteiger partial charge on any atom is -0.460 e. The number of likely N-dealkylation sites (tertiary alicyclic amines) is 1. The van der Waals surface area contributed by atoms with E-state index in [0.717, 1.165) is 24.2 Å². The van der Waals surface area contributed by atoms with Gasteiger partial charge in [0.2, 0.25) is 11.7 Å². The van der Waals surface area contributed by atoms with Gasteiger partial charge in [0.25, 0.3) is 5.91 Å². The Hall–Kier alpha value is -3.39. The summed E-state index contributed by atoms with van der Waals surface area (Å²) in [5.41, 5.74) is 1.87. The second kappa shape index (κ2) is 8.03. The van der Waals surface area contributed by atoms with Gasteiger partial charge in [0.15, 0.2) is 11.5 Å². The molecule has 1 amide bonds. The highest BCUT2D eigenvalue weighted by Crippen LogP contribution is 2.29. The number of H-pyrrole nitrogens is 1. The molecule has 0 bridgehead atoms. The molecule has 1 atom stereocenters. The van der Waals surface area contributed by atoms with Crippen LogP contribution in [0.15, 0.2) is 51.4 Å². The molecule has 3 aromatic heterocycles. The number of halogens is 1. The summed E-state index contributed by atoms with van der Waals surface area (Å²) in [7, 11) is 0. The van der Waals surface area contributed by atoms with Crippen LogP contribution in [0.2, 0.25) is 5.02 Å². The Morgan fingerprint density at radius 3 is 2.84 bits per heavy atom. The van der Waals surface area contributed by atoms with Crippen LogP contribution < -0.4 is 0 Å². The molecular formula is C22H20ClN5O3. The van der Waals surface area contributed by atoms with Crippen LogP contribution in [0.5, 0.6) is 0 Å². The third-order valence-electron chi connectivity index (χ3n) is 5.40. The predicted octanol–water partition coefficient (Wildman–Crippen LogP) is 4.70.